The Balaban J connectivity index is 3.11. The number of benzene rings is 1. The molecule has 2 nitrogen and oxygen atoms in total. The summed E-state index contributed by atoms with van der Waals surface area (Å²) in [5, 5.41) is 3.12. The first-order valence-electron chi connectivity index (χ1n) is 4.44. The van der Waals surface area contributed by atoms with Crippen LogP contribution in [0.5, 0.6) is 0 Å². The molecule has 0 aliphatic rings. The standard InChI is InChI=1S/C11H15NO/c1-8(12-3)10-6-4-5-7-11(10)9(2)13/h4-8,12H,1-3H3. The van der Waals surface area contributed by atoms with Crippen LogP contribution in [0.3, 0.4) is 0 Å². The van der Waals surface area contributed by atoms with Gasteiger partial charge in [-0.25, -0.2) is 0 Å². The van der Waals surface area contributed by atoms with Crippen LogP contribution in [0.25, 0.3) is 0 Å². The summed E-state index contributed by atoms with van der Waals surface area (Å²) >= 11 is 0. The summed E-state index contributed by atoms with van der Waals surface area (Å²) in [6.45, 7) is 3.64. The van der Waals surface area contributed by atoms with Crippen LogP contribution < -0.4 is 5.32 Å². The van der Waals surface area contributed by atoms with E-state index >= 15 is 0 Å². The highest BCUT2D eigenvalue weighted by atomic mass is 16.1. The molecule has 0 saturated heterocycles. The van der Waals surface area contributed by atoms with E-state index in [1.165, 1.54) is 0 Å². The van der Waals surface area contributed by atoms with E-state index in [1.54, 1.807) is 6.92 Å². The van der Waals surface area contributed by atoms with Crippen LogP contribution in [-0.2, 0) is 0 Å². The minimum atomic E-state index is 0.123. The van der Waals surface area contributed by atoms with E-state index in [0.29, 0.717) is 0 Å². The van der Waals surface area contributed by atoms with Crippen LogP contribution in [0.2, 0.25) is 0 Å². The van der Waals surface area contributed by atoms with Gasteiger partial charge in [0.25, 0.3) is 0 Å². The maximum atomic E-state index is 11.3. The number of nitrogens with one attached hydrogen (secondary N) is 1. The third kappa shape index (κ3) is 2.16. The topological polar surface area (TPSA) is 29.1 Å². The van der Waals surface area contributed by atoms with Gasteiger partial charge in [-0.05, 0) is 26.5 Å². The molecule has 0 amide bonds. The highest BCUT2D eigenvalue weighted by Gasteiger charge is 2.10. The van der Waals surface area contributed by atoms with Crippen molar-refractivity contribution in [2.24, 2.45) is 0 Å². The van der Waals surface area contributed by atoms with Gasteiger partial charge in [0.1, 0.15) is 0 Å². The number of hydrogen-bond acceptors (Lipinski definition) is 2. The fraction of sp³-hybridized carbons (Fsp3) is 0.364. The van der Waals surface area contributed by atoms with Gasteiger partial charge in [-0.15, -0.1) is 0 Å². The van der Waals surface area contributed by atoms with Crippen molar-refractivity contribution in [1.82, 2.24) is 5.32 Å². The lowest BCUT2D eigenvalue weighted by Crippen LogP contribution is -2.15. The molecular weight excluding hydrogens is 162 g/mol. The van der Waals surface area contributed by atoms with E-state index in [1.807, 2.05) is 38.2 Å². The molecule has 70 valence electrons. The van der Waals surface area contributed by atoms with Crippen molar-refractivity contribution >= 4 is 5.78 Å². The minimum Gasteiger partial charge on any atom is -0.313 e. The lowest BCUT2D eigenvalue weighted by atomic mass is 9.99. The van der Waals surface area contributed by atoms with E-state index in [0.717, 1.165) is 11.1 Å². The Hall–Kier alpha value is -1.15. The van der Waals surface area contributed by atoms with Crippen LogP contribution in [-0.4, -0.2) is 12.8 Å². The molecule has 1 atom stereocenters. The lowest BCUT2D eigenvalue weighted by Gasteiger charge is -2.13. The zero-order valence-electron chi connectivity index (χ0n) is 8.29. The van der Waals surface area contributed by atoms with Crippen molar-refractivity contribution in [2.75, 3.05) is 7.05 Å². The Labute approximate surface area is 79.0 Å². The maximum Gasteiger partial charge on any atom is 0.160 e. The molecule has 0 radical (unpaired) electrons. The molecule has 0 saturated carbocycles. The fourth-order valence-electron chi connectivity index (χ4n) is 1.35. The van der Waals surface area contributed by atoms with E-state index in [2.05, 4.69) is 5.32 Å². The normalized spacial score (nSPS) is 12.5. The molecule has 0 heterocycles. The number of carbonyl (C=O) groups is 1. The molecule has 1 N–H and O–H groups in total. The van der Waals surface area contributed by atoms with Crippen LogP contribution in [0.15, 0.2) is 24.3 Å². The molecule has 2 heteroatoms. The van der Waals surface area contributed by atoms with Crippen molar-refractivity contribution in [3.05, 3.63) is 35.4 Å². The van der Waals surface area contributed by atoms with Crippen LogP contribution in [0.4, 0.5) is 0 Å². The summed E-state index contributed by atoms with van der Waals surface area (Å²) < 4.78 is 0. The Kier molecular flexibility index (Phi) is 3.20. The first-order chi connectivity index (χ1) is 6.16. The van der Waals surface area contributed by atoms with Gasteiger partial charge in [0, 0.05) is 11.6 Å². The van der Waals surface area contributed by atoms with Crippen molar-refractivity contribution in [2.45, 2.75) is 19.9 Å². The highest BCUT2D eigenvalue weighted by molar-refractivity contribution is 5.95. The van der Waals surface area contributed by atoms with Gasteiger partial charge >= 0.3 is 0 Å². The fourth-order valence-corrected chi connectivity index (χ4v) is 1.35. The second-order valence-electron chi connectivity index (χ2n) is 3.15. The van der Waals surface area contributed by atoms with Crippen molar-refractivity contribution in [3.8, 4) is 0 Å². The second kappa shape index (κ2) is 4.19. The lowest BCUT2D eigenvalue weighted by molar-refractivity contribution is 0.101. The predicted molar refractivity (Wildman–Crippen MR) is 53.9 cm³/mol. The van der Waals surface area contributed by atoms with Crippen molar-refractivity contribution in [1.29, 1.82) is 0 Å². The Bertz CT molecular complexity index is 307. The summed E-state index contributed by atoms with van der Waals surface area (Å²) in [6, 6.07) is 7.92. The number of carbonyl (C=O) groups excluding carboxylic acids is 1. The summed E-state index contributed by atoms with van der Waals surface area (Å²) in [5.41, 5.74) is 1.88. The van der Waals surface area contributed by atoms with Crippen LogP contribution in [0.1, 0.15) is 35.8 Å². The predicted octanol–water partition coefficient (Wildman–Crippen LogP) is 2.17. The third-order valence-corrected chi connectivity index (χ3v) is 2.24. The molecule has 1 aromatic carbocycles. The van der Waals surface area contributed by atoms with E-state index < -0.39 is 0 Å². The Morgan fingerprint density at radius 1 is 1.38 bits per heavy atom. The SMILES string of the molecule is CNC(C)c1ccccc1C(C)=O. The number of rotatable bonds is 3. The van der Waals surface area contributed by atoms with Crippen molar-refractivity contribution < 1.29 is 4.79 Å². The van der Waals surface area contributed by atoms with E-state index in [-0.39, 0.29) is 11.8 Å². The zero-order chi connectivity index (χ0) is 9.84. The average molecular weight is 177 g/mol. The molecule has 0 aliphatic carbocycles. The van der Waals surface area contributed by atoms with Gasteiger partial charge in [0.05, 0.1) is 0 Å². The van der Waals surface area contributed by atoms with Crippen LogP contribution in [0, 0.1) is 0 Å². The quantitative estimate of drug-likeness (QED) is 0.717. The van der Waals surface area contributed by atoms with E-state index in [9.17, 15) is 4.79 Å². The molecule has 0 aromatic heterocycles. The smallest absolute Gasteiger partial charge is 0.160 e. The average Bonchev–Trinajstić information content (AvgIpc) is 2.16. The molecular formula is C11H15NO. The first-order valence-corrected chi connectivity index (χ1v) is 4.44. The zero-order valence-corrected chi connectivity index (χ0v) is 8.29. The van der Waals surface area contributed by atoms with Crippen LogP contribution >= 0.6 is 0 Å². The number of ketones is 1. The Morgan fingerprint density at radius 3 is 2.54 bits per heavy atom. The highest BCUT2D eigenvalue weighted by Crippen LogP contribution is 2.17. The summed E-state index contributed by atoms with van der Waals surface area (Å²) in [7, 11) is 1.89. The number of Topliss-reactive ketones (excluding diaryl/α,β-unsaturated/α-hetero) is 1. The van der Waals surface area contributed by atoms with Gasteiger partial charge in [-0.1, -0.05) is 24.3 Å². The Morgan fingerprint density at radius 2 is 2.00 bits per heavy atom. The molecule has 1 unspecified atom stereocenters. The number of hydrogen-bond donors (Lipinski definition) is 1. The van der Waals surface area contributed by atoms with Crippen molar-refractivity contribution in [3.63, 3.8) is 0 Å². The maximum absolute atomic E-state index is 11.3. The second-order valence-corrected chi connectivity index (χ2v) is 3.15. The summed E-state index contributed by atoms with van der Waals surface area (Å²) in [4.78, 5) is 11.3. The molecule has 0 fully saturated rings. The van der Waals surface area contributed by atoms with Gasteiger partial charge < -0.3 is 5.32 Å². The first kappa shape index (κ1) is 9.93. The van der Waals surface area contributed by atoms with Gasteiger partial charge in [-0.3, -0.25) is 4.79 Å². The molecule has 1 aromatic rings. The van der Waals surface area contributed by atoms with Gasteiger partial charge in [-0.2, -0.15) is 0 Å². The molecule has 0 spiro atoms. The molecule has 13 heavy (non-hydrogen) atoms. The van der Waals surface area contributed by atoms with E-state index in [4.69, 9.17) is 0 Å². The summed E-state index contributed by atoms with van der Waals surface area (Å²) in [6.07, 6.45) is 0. The minimum absolute atomic E-state index is 0.123. The largest absolute Gasteiger partial charge is 0.313 e. The molecule has 0 bridgehead atoms. The molecule has 1 rings (SSSR count). The monoisotopic (exact) mass is 177 g/mol. The third-order valence-electron chi connectivity index (χ3n) is 2.24. The van der Waals surface area contributed by atoms with Gasteiger partial charge in [0.15, 0.2) is 5.78 Å². The van der Waals surface area contributed by atoms with Gasteiger partial charge in [0.2, 0.25) is 0 Å². The summed E-state index contributed by atoms with van der Waals surface area (Å²) in [5.74, 6) is 0.123. The molecule has 0 aliphatic heterocycles.